The molecular formula is C19H16BrCl3N6O2. The van der Waals surface area contributed by atoms with E-state index in [2.05, 4.69) is 42.2 Å². The van der Waals surface area contributed by atoms with Crippen molar-refractivity contribution in [1.82, 2.24) is 25.6 Å². The molecule has 0 radical (unpaired) electrons. The van der Waals surface area contributed by atoms with E-state index in [-0.39, 0.29) is 38.8 Å². The number of carbonyl (C=O) groups excluding carboxylic acids is 2. The van der Waals surface area contributed by atoms with E-state index < -0.39 is 11.8 Å². The molecule has 2 aromatic heterocycles. The highest BCUT2D eigenvalue weighted by Crippen LogP contribution is 2.31. The molecule has 8 nitrogen and oxygen atoms in total. The SMILES string of the molecule is CC(C)NNC(=O)c1cc(Cl)cc(Cl)c1NC(=O)c1cc(Br)nn1-c1ncccc1Cl. The second-order valence-corrected chi connectivity index (χ2v) is 8.65. The fraction of sp³-hybridized carbons (Fsp3) is 0.158. The minimum atomic E-state index is -0.588. The van der Waals surface area contributed by atoms with Crippen molar-refractivity contribution in [2.75, 3.05) is 5.32 Å². The number of carbonyl (C=O) groups is 2. The summed E-state index contributed by atoms with van der Waals surface area (Å²) in [6.45, 7) is 3.71. The number of pyridine rings is 1. The first kappa shape index (κ1) is 23.5. The summed E-state index contributed by atoms with van der Waals surface area (Å²) < 4.78 is 1.67. The molecule has 162 valence electrons. The third-order valence-corrected chi connectivity index (χ3v) is 5.06. The highest BCUT2D eigenvalue weighted by molar-refractivity contribution is 9.10. The molecule has 2 amide bonds. The van der Waals surface area contributed by atoms with Crippen LogP contribution in [-0.4, -0.2) is 32.6 Å². The van der Waals surface area contributed by atoms with Gasteiger partial charge in [0.25, 0.3) is 11.8 Å². The lowest BCUT2D eigenvalue weighted by molar-refractivity contribution is 0.0928. The number of anilines is 1. The van der Waals surface area contributed by atoms with Gasteiger partial charge in [-0.2, -0.15) is 5.10 Å². The van der Waals surface area contributed by atoms with Crippen LogP contribution in [0, 0.1) is 0 Å². The van der Waals surface area contributed by atoms with Gasteiger partial charge in [-0.05, 0) is 54.0 Å². The zero-order valence-electron chi connectivity index (χ0n) is 16.2. The van der Waals surface area contributed by atoms with Gasteiger partial charge in [0.05, 0.1) is 21.3 Å². The van der Waals surface area contributed by atoms with E-state index in [0.717, 1.165) is 0 Å². The Bertz CT molecular complexity index is 1150. The molecule has 0 fully saturated rings. The molecule has 0 aliphatic rings. The van der Waals surface area contributed by atoms with Crippen LogP contribution in [-0.2, 0) is 0 Å². The quantitative estimate of drug-likeness (QED) is 0.383. The number of hydrazine groups is 1. The molecule has 0 aliphatic heterocycles. The Morgan fingerprint density at radius 3 is 2.52 bits per heavy atom. The molecule has 0 saturated carbocycles. The number of hydrogen-bond acceptors (Lipinski definition) is 5. The van der Waals surface area contributed by atoms with Gasteiger partial charge in [-0.3, -0.25) is 15.0 Å². The van der Waals surface area contributed by atoms with Crippen LogP contribution in [0.3, 0.4) is 0 Å². The minimum absolute atomic E-state index is 0.00790. The summed E-state index contributed by atoms with van der Waals surface area (Å²) in [7, 11) is 0. The maximum absolute atomic E-state index is 13.1. The van der Waals surface area contributed by atoms with E-state index in [1.165, 1.54) is 29.1 Å². The normalized spacial score (nSPS) is 10.9. The van der Waals surface area contributed by atoms with E-state index in [0.29, 0.717) is 9.63 Å². The number of rotatable bonds is 6. The van der Waals surface area contributed by atoms with Crippen molar-refractivity contribution in [2.45, 2.75) is 19.9 Å². The van der Waals surface area contributed by atoms with Gasteiger partial charge in [0.2, 0.25) is 0 Å². The maximum Gasteiger partial charge on any atom is 0.274 e. The summed E-state index contributed by atoms with van der Waals surface area (Å²) in [4.78, 5) is 29.9. The lowest BCUT2D eigenvalue weighted by Crippen LogP contribution is -2.42. The summed E-state index contributed by atoms with van der Waals surface area (Å²) in [6, 6.07) is 7.60. The van der Waals surface area contributed by atoms with Gasteiger partial charge in [0.1, 0.15) is 10.3 Å². The van der Waals surface area contributed by atoms with E-state index in [9.17, 15) is 9.59 Å². The molecule has 3 N–H and O–H groups in total. The first-order valence-electron chi connectivity index (χ1n) is 8.90. The number of benzene rings is 1. The van der Waals surface area contributed by atoms with Crippen molar-refractivity contribution < 1.29 is 9.59 Å². The van der Waals surface area contributed by atoms with Gasteiger partial charge >= 0.3 is 0 Å². The van der Waals surface area contributed by atoms with Crippen molar-refractivity contribution in [1.29, 1.82) is 0 Å². The predicted octanol–water partition coefficient (Wildman–Crippen LogP) is 4.89. The van der Waals surface area contributed by atoms with Crippen LogP contribution in [0.15, 0.2) is 41.1 Å². The average Bonchev–Trinajstić information content (AvgIpc) is 3.09. The highest BCUT2D eigenvalue weighted by Gasteiger charge is 2.23. The molecule has 0 saturated heterocycles. The lowest BCUT2D eigenvalue weighted by atomic mass is 10.1. The summed E-state index contributed by atoms with van der Waals surface area (Å²) in [5.41, 5.74) is 5.63. The van der Waals surface area contributed by atoms with E-state index in [4.69, 9.17) is 34.8 Å². The maximum atomic E-state index is 13.1. The van der Waals surface area contributed by atoms with Gasteiger partial charge in [-0.1, -0.05) is 34.8 Å². The smallest absolute Gasteiger partial charge is 0.274 e. The van der Waals surface area contributed by atoms with E-state index in [1.54, 1.807) is 12.1 Å². The van der Waals surface area contributed by atoms with Crippen LogP contribution in [0.25, 0.3) is 5.82 Å². The fourth-order valence-corrected chi connectivity index (χ4v) is 3.66. The Balaban J connectivity index is 1.98. The van der Waals surface area contributed by atoms with E-state index >= 15 is 0 Å². The van der Waals surface area contributed by atoms with E-state index in [1.807, 2.05) is 13.8 Å². The third kappa shape index (κ3) is 5.55. The van der Waals surface area contributed by atoms with Gasteiger partial charge in [-0.25, -0.2) is 15.1 Å². The monoisotopic (exact) mass is 544 g/mol. The Hall–Kier alpha value is -2.17. The summed E-state index contributed by atoms with van der Waals surface area (Å²) in [5, 5.41) is 7.53. The molecule has 3 aromatic rings. The van der Waals surface area contributed by atoms with Crippen molar-refractivity contribution in [3.05, 3.63) is 67.5 Å². The summed E-state index contributed by atoms with van der Waals surface area (Å²) >= 11 is 21.8. The Labute approximate surface area is 201 Å². The molecule has 0 atom stereocenters. The number of amides is 2. The van der Waals surface area contributed by atoms with Gasteiger partial charge in [0, 0.05) is 23.3 Å². The van der Waals surface area contributed by atoms with Gasteiger partial charge in [-0.15, -0.1) is 0 Å². The number of aromatic nitrogens is 3. The predicted molar refractivity (Wildman–Crippen MR) is 124 cm³/mol. The number of nitrogens with zero attached hydrogens (tertiary/aromatic N) is 3. The van der Waals surface area contributed by atoms with Gasteiger partial charge in [0.15, 0.2) is 5.82 Å². The Morgan fingerprint density at radius 2 is 1.84 bits per heavy atom. The van der Waals surface area contributed by atoms with Crippen LogP contribution >= 0.6 is 50.7 Å². The van der Waals surface area contributed by atoms with Crippen LogP contribution in [0.5, 0.6) is 0 Å². The standard InChI is InChI=1S/C19H16BrCl3N6O2/c1-9(2)26-27-18(30)11-6-10(21)7-13(23)16(11)25-19(31)14-8-15(20)28-29(14)17-12(22)4-3-5-24-17/h3-9,26H,1-2H3,(H,25,31)(H,27,30). The number of nitrogens with one attached hydrogen (secondary N) is 3. The van der Waals surface area contributed by atoms with Crippen molar-refractivity contribution in [2.24, 2.45) is 0 Å². The number of hydrogen-bond donors (Lipinski definition) is 3. The first-order chi connectivity index (χ1) is 14.7. The molecule has 0 bridgehead atoms. The van der Waals surface area contributed by atoms with Crippen LogP contribution in [0.4, 0.5) is 5.69 Å². The molecular weight excluding hydrogens is 531 g/mol. The fourth-order valence-electron chi connectivity index (χ4n) is 2.54. The molecule has 0 aliphatic carbocycles. The van der Waals surface area contributed by atoms with Crippen molar-refractivity contribution >= 4 is 68.2 Å². The van der Waals surface area contributed by atoms with Crippen LogP contribution in [0.1, 0.15) is 34.7 Å². The Morgan fingerprint density at radius 1 is 1.10 bits per heavy atom. The third-order valence-electron chi connectivity index (χ3n) is 3.86. The zero-order valence-corrected chi connectivity index (χ0v) is 20.1. The van der Waals surface area contributed by atoms with Crippen molar-refractivity contribution in [3.63, 3.8) is 0 Å². The first-order valence-corrected chi connectivity index (χ1v) is 10.8. The summed E-state index contributed by atoms with van der Waals surface area (Å²) in [5.74, 6) is -0.841. The largest absolute Gasteiger partial charge is 0.319 e. The molecule has 3 rings (SSSR count). The van der Waals surface area contributed by atoms with Gasteiger partial charge < -0.3 is 5.32 Å². The summed E-state index contributed by atoms with van der Waals surface area (Å²) in [6.07, 6.45) is 1.53. The molecule has 0 spiro atoms. The topological polar surface area (TPSA) is 101 Å². The number of halogens is 4. The molecule has 2 heterocycles. The van der Waals surface area contributed by atoms with Crippen LogP contribution < -0.4 is 16.2 Å². The molecule has 1 aromatic carbocycles. The van der Waals surface area contributed by atoms with Crippen LogP contribution in [0.2, 0.25) is 15.1 Å². The molecule has 31 heavy (non-hydrogen) atoms. The highest BCUT2D eigenvalue weighted by atomic mass is 79.9. The Kier molecular flexibility index (Phi) is 7.55. The minimum Gasteiger partial charge on any atom is -0.319 e. The lowest BCUT2D eigenvalue weighted by Gasteiger charge is -2.15. The molecule has 12 heteroatoms. The second-order valence-electron chi connectivity index (χ2n) is 6.59. The molecule has 0 unspecified atom stereocenters. The zero-order chi connectivity index (χ0) is 22.7. The second kappa shape index (κ2) is 9.97. The average molecular weight is 547 g/mol. The van der Waals surface area contributed by atoms with Crippen molar-refractivity contribution in [3.8, 4) is 5.82 Å².